The summed E-state index contributed by atoms with van der Waals surface area (Å²) in [6.07, 6.45) is 1.86. The molecule has 0 unspecified atom stereocenters. The SMILES string of the molecule is CCOC(=O)COc1cccc(NC(=O)COc2cccc(NC(=O)C3CC3)c2)c1. The number of hydrogen-bond acceptors (Lipinski definition) is 6. The average molecular weight is 412 g/mol. The summed E-state index contributed by atoms with van der Waals surface area (Å²) in [5.74, 6) is 0.208. The first-order chi connectivity index (χ1) is 14.5. The Labute approximate surface area is 174 Å². The zero-order valence-corrected chi connectivity index (χ0v) is 16.7. The van der Waals surface area contributed by atoms with Crippen LogP contribution in [-0.2, 0) is 19.1 Å². The molecule has 1 fully saturated rings. The van der Waals surface area contributed by atoms with Gasteiger partial charge < -0.3 is 24.8 Å². The van der Waals surface area contributed by atoms with Crippen LogP contribution in [-0.4, -0.2) is 37.6 Å². The molecule has 0 atom stereocenters. The predicted molar refractivity (Wildman–Crippen MR) is 110 cm³/mol. The van der Waals surface area contributed by atoms with Gasteiger partial charge in [-0.3, -0.25) is 9.59 Å². The van der Waals surface area contributed by atoms with Crippen LogP contribution in [0.2, 0.25) is 0 Å². The number of carbonyl (C=O) groups excluding carboxylic acids is 3. The second-order valence-corrected chi connectivity index (χ2v) is 6.75. The molecule has 158 valence electrons. The second-order valence-electron chi connectivity index (χ2n) is 6.75. The van der Waals surface area contributed by atoms with E-state index in [2.05, 4.69) is 10.6 Å². The summed E-state index contributed by atoms with van der Waals surface area (Å²) in [7, 11) is 0. The Hall–Kier alpha value is -3.55. The van der Waals surface area contributed by atoms with Crippen molar-refractivity contribution in [1.29, 1.82) is 0 Å². The van der Waals surface area contributed by atoms with Crippen LogP contribution in [0, 0.1) is 5.92 Å². The molecule has 0 saturated heterocycles. The van der Waals surface area contributed by atoms with Crippen molar-refractivity contribution in [2.24, 2.45) is 5.92 Å². The van der Waals surface area contributed by atoms with Gasteiger partial charge in [-0.15, -0.1) is 0 Å². The quantitative estimate of drug-likeness (QED) is 0.582. The van der Waals surface area contributed by atoms with E-state index in [1.165, 1.54) is 0 Å². The number of hydrogen-bond donors (Lipinski definition) is 2. The van der Waals surface area contributed by atoms with Gasteiger partial charge in [-0.2, -0.15) is 0 Å². The van der Waals surface area contributed by atoms with Crippen LogP contribution in [0.5, 0.6) is 11.5 Å². The summed E-state index contributed by atoms with van der Waals surface area (Å²) in [5, 5.41) is 5.54. The Morgan fingerprint density at radius 2 is 1.50 bits per heavy atom. The lowest BCUT2D eigenvalue weighted by molar-refractivity contribution is -0.145. The molecule has 8 heteroatoms. The third-order valence-corrected chi connectivity index (χ3v) is 4.20. The maximum absolute atomic E-state index is 12.2. The van der Waals surface area contributed by atoms with E-state index in [0.29, 0.717) is 22.9 Å². The molecule has 2 N–H and O–H groups in total. The highest BCUT2D eigenvalue weighted by atomic mass is 16.6. The van der Waals surface area contributed by atoms with E-state index in [4.69, 9.17) is 14.2 Å². The highest BCUT2D eigenvalue weighted by Gasteiger charge is 2.29. The van der Waals surface area contributed by atoms with Gasteiger partial charge in [0.15, 0.2) is 13.2 Å². The van der Waals surface area contributed by atoms with Crippen molar-refractivity contribution in [1.82, 2.24) is 0 Å². The molecule has 1 saturated carbocycles. The molecule has 0 aromatic heterocycles. The number of carbonyl (C=O) groups is 3. The zero-order valence-electron chi connectivity index (χ0n) is 16.7. The van der Waals surface area contributed by atoms with Crippen LogP contribution < -0.4 is 20.1 Å². The molecule has 2 amide bonds. The minimum atomic E-state index is -0.462. The molecule has 0 spiro atoms. The fourth-order valence-electron chi connectivity index (χ4n) is 2.61. The van der Waals surface area contributed by atoms with Crippen molar-refractivity contribution in [2.75, 3.05) is 30.5 Å². The van der Waals surface area contributed by atoms with Crippen molar-refractivity contribution in [3.8, 4) is 11.5 Å². The maximum atomic E-state index is 12.2. The van der Waals surface area contributed by atoms with Crippen molar-refractivity contribution < 1.29 is 28.6 Å². The Kier molecular flexibility index (Phi) is 7.26. The minimum Gasteiger partial charge on any atom is -0.484 e. The minimum absolute atomic E-state index is 0.00921. The number of ether oxygens (including phenoxy) is 3. The van der Waals surface area contributed by atoms with Crippen molar-refractivity contribution in [3.05, 3.63) is 48.5 Å². The Morgan fingerprint density at radius 1 is 0.900 bits per heavy atom. The summed E-state index contributed by atoms with van der Waals surface area (Å²) < 4.78 is 15.7. The Morgan fingerprint density at radius 3 is 2.10 bits per heavy atom. The van der Waals surface area contributed by atoms with E-state index in [-0.39, 0.29) is 37.6 Å². The van der Waals surface area contributed by atoms with Crippen LogP contribution in [0.4, 0.5) is 11.4 Å². The fraction of sp³-hybridized carbons (Fsp3) is 0.318. The number of rotatable bonds is 10. The Bertz CT molecular complexity index is 910. The lowest BCUT2D eigenvalue weighted by atomic mass is 10.3. The lowest BCUT2D eigenvalue weighted by Crippen LogP contribution is -2.20. The van der Waals surface area contributed by atoms with Gasteiger partial charge in [-0.1, -0.05) is 12.1 Å². The number of nitrogens with one attached hydrogen (secondary N) is 2. The van der Waals surface area contributed by atoms with Gasteiger partial charge in [0.2, 0.25) is 5.91 Å². The topological polar surface area (TPSA) is 103 Å². The van der Waals surface area contributed by atoms with Crippen molar-refractivity contribution in [3.63, 3.8) is 0 Å². The first-order valence-corrected chi connectivity index (χ1v) is 9.75. The number of amides is 2. The summed E-state index contributed by atoms with van der Waals surface area (Å²) in [5.41, 5.74) is 1.15. The predicted octanol–water partition coefficient (Wildman–Crippen LogP) is 2.99. The maximum Gasteiger partial charge on any atom is 0.344 e. The highest BCUT2D eigenvalue weighted by Crippen LogP contribution is 2.30. The summed E-state index contributed by atoms with van der Waals surface area (Å²) in [6.45, 7) is 1.60. The molecule has 30 heavy (non-hydrogen) atoms. The zero-order chi connectivity index (χ0) is 21.3. The fourth-order valence-corrected chi connectivity index (χ4v) is 2.61. The van der Waals surface area contributed by atoms with Crippen LogP contribution in [0.15, 0.2) is 48.5 Å². The standard InChI is InChI=1S/C22H24N2O6/c1-2-28-21(26)14-30-19-8-3-5-16(11-19)23-20(25)13-29-18-7-4-6-17(12-18)24-22(27)15-9-10-15/h3-8,11-12,15H,2,9-10,13-14H2,1H3,(H,23,25)(H,24,27). The van der Waals surface area contributed by atoms with E-state index >= 15 is 0 Å². The normalized spacial score (nSPS) is 12.6. The first kappa shape index (κ1) is 21.2. The number of benzene rings is 2. The summed E-state index contributed by atoms with van der Waals surface area (Å²) in [6, 6.07) is 13.6. The van der Waals surface area contributed by atoms with Crippen LogP contribution in [0.25, 0.3) is 0 Å². The van der Waals surface area contributed by atoms with Gasteiger partial charge in [-0.25, -0.2) is 4.79 Å². The molecular weight excluding hydrogens is 388 g/mol. The van der Waals surface area contributed by atoms with Crippen molar-refractivity contribution >= 4 is 29.2 Å². The molecule has 0 aliphatic heterocycles. The van der Waals surface area contributed by atoms with E-state index < -0.39 is 5.97 Å². The van der Waals surface area contributed by atoms with E-state index in [1.807, 2.05) is 0 Å². The number of esters is 1. The molecule has 2 aromatic carbocycles. The van der Waals surface area contributed by atoms with Crippen LogP contribution >= 0.6 is 0 Å². The van der Waals surface area contributed by atoms with E-state index in [1.54, 1.807) is 55.5 Å². The van der Waals surface area contributed by atoms with Crippen molar-refractivity contribution in [2.45, 2.75) is 19.8 Å². The third kappa shape index (κ3) is 6.80. The molecule has 3 rings (SSSR count). The molecule has 1 aliphatic carbocycles. The highest BCUT2D eigenvalue weighted by molar-refractivity contribution is 5.94. The molecule has 1 aliphatic rings. The Balaban J connectivity index is 1.47. The third-order valence-electron chi connectivity index (χ3n) is 4.20. The summed E-state index contributed by atoms with van der Waals surface area (Å²) in [4.78, 5) is 35.4. The van der Waals surface area contributed by atoms with Gasteiger partial charge in [0, 0.05) is 29.4 Å². The number of anilines is 2. The first-order valence-electron chi connectivity index (χ1n) is 9.75. The molecule has 0 bridgehead atoms. The van der Waals surface area contributed by atoms with Crippen LogP contribution in [0.1, 0.15) is 19.8 Å². The van der Waals surface area contributed by atoms with Crippen LogP contribution in [0.3, 0.4) is 0 Å². The molecule has 0 radical (unpaired) electrons. The second kappa shape index (κ2) is 10.3. The average Bonchev–Trinajstić information content (AvgIpc) is 3.57. The smallest absolute Gasteiger partial charge is 0.344 e. The van der Waals surface area contributed by atoms with Gasteiger partial charge in [0.05, 0.1) is 6.61 Å². The van der Waals surface area contributed by atoms with E-state index in [9.17, 15) is 14.4 Å². The molecule has 2 aromatic rings. The van der Waals surface area contributed by atoms with Gasteiger partial charge in [-0.05, 0) is 44.0 Å². The monoisotopic (exact) mass is 412 g/mol. The molecule has 0 heterocycles. The van der Waals surface area contributed by atoms with Gasteiger partial charge >= 0.3 is 5.97 Å². The molecular formula is C22H24N2O6. The van der Waals surface area contributed by atoms with Gasteiger partial charge in [0.1, 0.15) is 11.5 Å². The summed E-state index contributed by atoms with van der Waals surface area (Å²) >= 11 is 0. The van der Waals surface area contributed by atoms with Gasteiger partial charge in [0.25, 0.3) is 5.91 Å². The molecule has 8 nitrogen and oxygen atoms in total. The lowest BCUT2D eigenvalue weighted by Gasteiger charge is -2.11. The van der Waals surface area contributed by atoms with E-state index in [0.717, 1.165) is 12.8 Å². The largest absolute Gasteiger partial charge is 0.484 e.